The van der Waals surface area contributed by atoms with Gasteiger partial charge in [0, 0.05) is 12.0 Å². The molecule has 4 aromatic rings. The summed E-state index contributed by atoms with van der Waals surface area (Å²) in [6.45, 7) is 0.627. The highest BCUT2D eigenvalue weighted by molar-refractivity contribution is 7.98. The van der Waals surface area contributed by atoms with E-state index in [9.17, 15) is 14.4 Å². The lowest BCUT2D eigenvalue weighted by Crippen LogP contribution is -2.99. The summed E-state index contributed by atoms with van der Waals surface area (Å²) in [5.41, 5.74) is 2.47. The summed E-state index contributed by atoms with van der Waals surface area (Å²) in [6.07, 6.45) is 2.80. The number of anilines is 1. The van der Waals surface area contributed by atoms with Gasteiger partial charge in [-0.1, -0.05) is 91.0 Å². The average Bonchev–Trinajstić information content (AvgIpc) is 3.56. The van der Waals surface area contributed by atoms with Gasteiger partial charge in [0.15, 0.2) is 0 Å². The number of rotatable bonds is 7. The summed E-state index contributed by atoms with van der Waals surface area (Å²) in [6, 6.07) is 31.7. The average molecular weight is 563 g/mol. The van der Waals surface area contributed by atoms with E-state index in [0.29, 0.717) is 6.54 Å². The highest BCUT2D eigenvalue weighted by Gasteiger charge is 2.75. The van der Waals surface area contributed by atoms with Crippen molar-refractivity contribution in [1.29, 1.82) is 0 Å². The third-order valence-corrected chi connectivity index (χ3v) is 9.80. The molecule has 3 heterocycles. The first kappa shape index (κ1) is 26.0. The molecule has 3 aliphatic rings. The van der Waals surface area contributed by atoms with Crippen molar-refractivity contribution in [3.05, 3.63) is 114 Å². The van der Waals surface area contributed by atoms with Gasteiger partial charge in [-0.25, -0.2) is 0 Å². The van der Waals surface area contributed by atoms with Crippen LogP contribution >= 0.6 is 11.8 Å². The minimum atomic E-state index is -1.16. The topological polar surface area (TPSA) is 74.3 Å². The van der Waals surface area contributed by atoms with E-state index in [1.807, 2.05) is 84.0 Å². The molecule has 6 nitrogen and oxygen atoms in total. The molecule has 0 unspecified atom stereocenters. The van der Waals surface area contributed by atoms with Crippen molar-refractivity contribution in [1.82, 2.24) is 4.90 Å². The van der Waals surface area contributed by atoms with Crippen molar-refractivity contribution in [3.8, 4) is 0 Å². The predicted molar refractivity (Wildman–Crippen MR) is 161 cm³/mol. The molecule has 0 saturated carbocycles. The van der Waals surface area contributed by atoms with E-state index in [0.717, 1.165) is 45.3 Å². The zero-order valence-corrected chi connectivity index (χ0v) is 23.7. The number of nitrogens with zero attached hydrogens (tertiary/aromatic N) is 2. The van der Waals surface area contributed by atoms with Gasteiger partial charge in [0.1, 0.15) is 17.9 Å². The fraction of sp³-hybridized carbons (Fsp3) is 0.265. The second-order valence-electron chi connectivity index (χ2n) is 11.3. The third kappa shape index (κ3) is 3.94. The number of quaternary nitrogens is 1. The number of imide groups is 1. The number of carbonyl (C=O) groups is 3. The molecule has 41 heavy (non-hydrogen) atoms. The first-order valence-electron chi connectivity index (χ1n) is 14.2. The van der Waals surface area contributed by atoms with Gasteiger partial charge < -0.3 is 10.2 Å². The van der Waals surface area contributed by atoms with Crippen LogP contribution in [0.3, 0.4) is 0 Å². The molecule has 7 heteroatoms. The SMILES string of the molecule is CSCC[C@@H]1[NH2+][C@]2(C(=O)N(Cc3cccc4ccccc34)c3ccccc32)[C@@H]2C(=O)N(Cc3ccccc3)C(=O)[C@@H]12. The monoisotopic (exact) mass is 562 g/mol. The maximum absolute atomic E-state index is 14.8. The molecule has 0 aliphatic carbocycles. The molecule has 0 bridgehead atoms. The number of hydrogen-bond acceptors (Lipinski definition) is 4. The number of hydrogen-bond donors (Lipinski definition) is 1. The zero-order valence-electron chi connectivity index (χ0n) is 22.9. The van der Waals surface area contributed by atoms with Crippen molar-refractivity contribution in [2.24, 2.45) is 11.8 Å². The Labute approximate surface area is 243 Å². The molecule has 4 aromatic carbocycles. The molecule has 2 N–H and O–H groups in total. The Morgan fingerprint density at radius 1 is 0.780 bits per heavy atom. The van der Waals surface area contributed by atoms with Crippen molar-refractivity contribution in [2.45, 2.75) is 31.1 Å². The Morgan fingerprint density at radius 3 is 2.34 bits per heavy atom. The first-order valence-corrected chi connectivity index (χ1v) is 15.6. The Kier molecular flexibility index (Phi) is 6.44. The largest absolute Gasteiger partial charge is 0.326 e. The van der Waals surface area contributed by atoms with E-state index >= 15 is 0 Å². The fourth-order valence-electron chi connectivity index (χ4n) is 7.37. The molecule has 0 radical (unpaired) electrons. The molecule has 7 rings (SSSR count). The molecule has 0 aromatic heterocycles. The van der Waals surface area contributed by atoms with E-state index in [1.165, 1.54) is 4.90 Å². The van der Waals surface area contributed by atoms with Gasteiger partial charge >= 0.3 is 0 Å². The minimum absolute atomic E-state index is 0.101. The van der Waals surface area contributed by atoms with Crippen molar-refractivity contribution < 1.29 is 19.7 Å². The lowest BCUT2D eigenvalue weighted by molar-refractivity contribution is -0.733. The zero-order chi connectivity index (χ0) is 28.1. The minimum Gasteiger partial charge on any atom is -0.326 e. The summed E-state index contributed by atoms with van der Waals surface area (Å²) >= 11 is 1.72. The maximum Gasteiger partial charge on any atom is 0.294 e. The standard InChI is InChI=1S/C34H31N3O3S/c1-41-19-18-27-29-30(32(39)37(31(29)38)20-22-10-3-2-4-11-22)34(35-27)26-16-7-8-17-28(26)36(33(34)40)21-24-14-9-13-23-12-5-6-15-25(23)24/h2-17,27,29-30,35H,18-21H2,1H3/p+1/t27-,29-,30-,34-/m0/s1. The van der Waals surface area contributed by atoms with Crippen LogP contribution in [-0.2, 0) is 33.0 Å². The molecule has 4 atom stereocenters. The quantitative estimate of drug-likeness (QED) is 0.345. The summed E-state index contributed by atoms with van der Waals surface area (Å²) in [4.78, 5) is 46.4. The van der Waals surface area contributed by atoms with Crippen LogP contribution in [0.4, 0.5) is 5.69 Å². The highest BCUT2D eigenvalue weighted by Crippen LogP contribution is 2.52. The van der Waals surface area contributed by atoms with Gasteiger partial charge in [-0.2, -0.15) is 11.8 Å². The van der Waals surface area contributed by atoms with Crippen molar-refractivity contribution in [3.63, 3.8) is 0 Å². The highest BCUT2D eigenvalue weighted by atomic mass is 32.2. The second-order valence-corrected chi connectivity index (χ2v) is 12.3. The number of fused-ring (bicyclic) bond motifs is 5. The molecule has 2 saturated heterocycles. The van der Waals surface area contributed by atoms with E-state index < -0.39 is 17.4 Å². The van der Waals surface area contributed by atoms with Gasteiger partial charge in [0.2, 0.25) is 17.4 Å². The summed E-state index contributed by atoms with van der Waals surface area (Å²) in [5, 5.41) is 4.31. The molecule has 3 amide bonds. The van der Waals surface area contributed by atoms with Gasteiger partial charge in [-0.15, -0.1) is 0 Å². The number of carbonyl (C=O) groups excluding carboxylic acids is 3. The van der Waals surface area contributed by atoms with Crippen molar-refractivity contribution in [2.75, 3.05) is 16.9 Å². The van der Waals surface area contributed by atoms with Crippen molar-refractivity contribution >= 4 is 45.9 Å². The lowest BCUT2D eigenvalue weighted by atomic mass is 9.76. The Bertz CT molecular complexity index is 1670. The Morgan fingerprint density at radius 2 is 1.51 bits per heavy atom. The van der Waals surface area contributed by atoms with E-state index in [4.69, 9.17) is 0 Å². The Hall–Kier alpha value is -3.94. The van der Waals surface area contributed by atoms with Gasteiger partial charge in [0.05, 0.1) is 18.8 Å². The third-order valence-electron chi connectivity index (χ3n) is 9.16. The molecule has 3 aliphatic heterocycles. The Balaban J connectivity index is 1.32. The molecule has 2 fully saturated rings. The number of benzene rings is 4. The molecular weight excluding hydrogens is 530 g/mol. The van der Waals surface area contributed by atoms with Crippen LogP contribution < -0.4 is 10.2 Å². The maximum atomic E-state index is 14.8. The van der Waals surface area contributed by atoms with E-state index in [1.54, 1.807) is 11.8 Å². The summed E-state index contributed by atoms with van der Waals surface area (Å²) in [5.74, 6) is -0.903. The van der Waals surface area contributed by atoms with Crippen LogP contribution in [0.1, 0.15) is 23.1 Å². The lowest BCUT2D eigenvalue weighted by Gasteiger charge is -2.28. The van der Waals surface area contributed by atoms with E-state index in [-0.39, 0.29) is 30.3 Å². The number of thioether (sulfide) groups is 1. The van der Waals surface area contributed by atoms with Crippen LogP contribution in [0.5, 0.6) is 0 Å². The number of para-hydroxylation sites is 1. The van der Waals surface area contributed by atoms with Gasteiger partial charge in [0.25, 0.3) is 5.91 Å². The molecular formula is C34H32N3O3S+. The molecule has 1 spiro atoms. The molecule has 206 valence electrons. The smallest absolute Gasteiger partial charge is 0.294 e. The van der Waals surface area contributed by atoms with Crippen LogP contribution in [0.15, 0.2) is 97.1 Å². The number of likely N-dealkylation sites (tertiary alicyclic amines) is 1. The number of nitrogens with two attached hydrogens (primary N) is 1. The van der Waals surface area contributed by atoms with Gasteiger partial charge in [-0.05, 0) is 40.0 Å². The number of amides is 3. The predicted octanol–water partition coefficient (Wildman–Crippen LogP) is 4.08. The first-order chi connectivity index (χ1) is 20.0. The van der Waals surface area contributed by atoms with Crippen LogP contribution in [0, 0.1) is 11.8 Å². The fourth-order valence-corrected chi connectivity index (χ4v) is 7.88. The van der Waals surface area contributed by atoms with Crippen LogP contribution in [0.25, 0.3) is 10.8 Å². The van der Waals surface area contributed by atoms with E-state index in [2.05, 4.69) is 29.6 Å². The summed E-state index contributed by atoms with van der Waals surface area (Å²) < 4.78 is 0. The van der Waals surface area contributed by atoms with Crippen LogP contribution in [0.2, 0.25) is 0 Å². The van der Waals surface area contributed by atoms with Crippen LogP contribution in [-0.4, -0.2) is 40.7 Å². The second kappa shape index (κ2) is 10.2. The van der Waals surface area contributed by atoms with Gasteiger partial charge in [-0.3, -0.25) is 19.3 Å². The normalized spacial score (nSPS) is 25.0. The summed E-state index contributed by atoms with van der Waals surface area (Å²) in [7, 11) is 0.